The van der Waals surface area contributed by atoms with Gasteiger partial charge in [0, 0.05) is 43.4 Å². The molecule has 2 aliphatic rings. The smallest absolute Gasteiger partial charge is 0.407 e. The van der Waals surface area contributed by atoms with E-state index >= 15 is 0 Å². The number of nitrogens with zero attached hydrogens (tertiary/aromatic N) is 2. The molecule has 1 aliphatic heterocycles. The zero-order valence-electron chi connectivity index (χ0n) is 19.2. The highest BCUT2D eigenvalue weighted by Crippen LogP contribution is 2.38. The molecule has 1 atom stereocenters. The van der Waals surface area contributed by atoms with Crippen molar-refractivity contribution >= 4 is 12.0 Å². The number of rotatable bonds is 6. The Balaban J connectivity index is 1.41. The Kier molecular flexibility index (Phi) is 6.28. The fourth-order valence-corrected chi connectivity index (χ4v) is 4.17. The number of aromatic nitrogens is 2. The van der Waals surface area contributed by atoms with Crippen LogP contribution in [0.3, 0.4) is 0 Å². The fraction of sp³-hybridized carbons (Fsp3) is 0.609. The second kappa shape index (κ2) is 8.97. The summed E-state index contributed by atoms with van der Waals surface area (Å²) in [6.07, 6.45) is 5.17. The second-order valence-electron chi connectivity index (χ2n) is 9.39. The van der Waals surface area contributed by atoms with Gasteiger partial charge in [0.2, 0.25) is 0 Å². The van der Waals surface area contributed by atoms with Crippen molar-refractivity contribution in [2.24, 2.45) is 0 Å². The predicted molar refractivity (Wildman–Crippen MR) is 118 cm³/mol. The Labute approximate surface area is 187 Å². The summed E-state index contributed by atoms with van der Waals surface area (Å²) in [4.78, 5) is 24.6. The SMILES string of the molecule is Cc1c(C(=O)NC[C@@H]2CCCO2)oc2c1-c1nn(CCNC(=O)OC(C)(C)C)cc1CC2. The molecule has 9 heteroatoms. The lowest BCUT2D eigenvalue weighted by atomic mass is 9.93. The molecule has 2 aromatic rings. The van der Waals surface area contributed by atoms with Crippen LogP contribution in [-0.2, 0) is 28.9 Å². The number of amides is 2. The Hall–Kier alpha value is -2.81. The fourth-order valence-electron chi connectivity index (χ4n) is 4.17. The average molecular weight is 445 g/mol. The third-order valence-corrected chi connectivity index (χ3v) is 5.64. The summed E-state index contributed by atoms with van der Waals surface area (Å²) in [5, 5.41) is 10.4. The van der Waals surface area contributed by atoms with Gasteiger partial charge < -0.3 is 24.5 Å². The van der Waals surface area contributed by atoms with Gasteiger partial charge >= 0.3 is 6.09 Å². The minimum absolute atomic E-state index is 0.0837. The second-order valence-corrected chi connectivity index (χ2v) is 9.39. The molecule has 174 valence electrons. The van der Waals surface area contributed by atoms with Crippen LogP contribution in [0, 0.1) is 6.92 Å². The van der Waals surface area contributed by atoms with Gasteiger partial charge in [-0.15, -0.1) is 0 Å². The quantitative estimate of drug-likeness (QED) is 0.709. The summed E-state index contributed by atoms with van der Waals surface area (Å²) in [6.45, 7) is 9.57. The van der Waals surface area contributed by atoms with Crippen molar-refractivity contribution in [1.29, 1.82) is 0 Å². The highest BCUT2D eigenvalue weighted by Gasteiger charge is 2.30. The van der Waals surface area contributed by atoms with Crippen LogP contribution in [0.4, 0.5) is 4.79 Å². The summed E-state index contributed by atoms with van der Waals surface area (Å²) in [5.74, 6) is 0.936. The molecule has 0 saturated carbocycles. The number of hydrogen-bond acceptors (Lipinski definition) is 6. The molecule has 0 aromatic carbocycles. The minimum atomic E-state index is -0.530. The molecule has 0 spiro atoms. The van der Waals surface area contributed by atoms with E-state index in [2.05, 4.69) is 10.6 Å². The van der Waals surface area contributed by atoms with E-state index in [1.165, 1.54) is 0 Å². The van der Waals surface area contributed by atoms with Crippen molar-refractivity contribution < 1.29 is 23.5 Å². The van der Waals surface area contributed by atoms with Crippen molar-refractivity contribution in [3.05, 3.63) is 28.8 Å². The predicted octanol–water partition coefficient (Wildman–Crippen LogP) is 2.98. The highest BCUT2D eigenvalue weighted by atomic mass is 16.6. The van der Waals surface area contributed by atoms with Gasteiger partial charge in [-0.05, 0) is 52.5 Å². The molecular formula is C23H32N4O5. The van der Waals surface area contributed by atoms with E-state index < -0.39 is 11.7 Å². The molecule has 32 heavy (non-hydrogen) atoms. The number of carbonyl (C=O) groups excluding carboxylic acids is 2. The van der Waals surface area contributed by atoms with E-state index in [4.69, 9.17) is 19.0 Å². The molecule has 2 N–H and O–H groups in total. The van der Waals surface area contributed by atoms with E-state index in [0.29, 0.717) is 25.4 Å². The van der Waals surface area contributed by atoms with Crippen molar-refractivity contribution in [1.82, 2.24) is 20.4 Å². The van der Waals surface area contributed by atoms with Gasteiger partial charge in [-0.3, -0.25) is 9.48 Å². The number of carbonyl (C=O) groups is 2. The Morgan fingerprint density at radius 1 is 1.28 bits per heavy atom. The summed E-state index contributed by atoms with van der Waals surface area (Å²) >= 11 is 0. The van der Waals surface area contributed by atoms with Crippen LogP contribution in [0.2, 0.25) is 0 Å². The first-order valence-corrected chi connectivity index (χ1v) is 11.3. The van der Waals surface area contributed by atoms with Gasteiger partial charge in [0.1, 0.15) is 11.4 Å². The number of nitrogens with one attached hydrogen (secondary N) is 2. The van der Waals surface area contributed by atoms with Crippen LogP contribution in [0.15, 0.2) is 10.6 Å². The molecule has 9 nitrogen and oxygen atoms in total. The summed E-state index contributed by atoms with van der Waals surface area (Å²) in [5.41, 5.74) is 3.15. The molecular weight excluding hydrogens is 412 g/mol. The summed E-state index contributed by atoms with van der Waals surface area (Å²) < 4.78 is 18.6. The van der Waals surface area contributed by atoms with Crippen LogP contribution in [0.25, 0.3) is 11.3 Å². The third-order valence-electron chi connectivity index (χ3n) is 5.64. The normalized spacial score (nSPS) is 17.6. The Bertz CT molecular complexity index is 995. The molecule has 4 rings (SSSR count). The summed E-state index contributed by atoms with van der Waals surface area (Å²) in [6, 6.07) is 0. The van der Waals surface area contributed by atoms with Gasteiger partial charge in [0.05, 0.1) is 18.3 Å². The first-order valence-electron chi connectivity index (χ1n) is 11.3. The number of ether oxygens (including phenoxy) is 2. The third kappa shape index (κ3) is 4.98. The van der Waals surface area contributed by atoms with Crippen LogP contribution in [0.1, 0.15) is 61.1 Å². The maximum Gasteiger partial charge on any atom is 0.407 e. The maximum absolute atomic E-state index is 12.7. The first kappa shape index (κ1) is 22.4. The van der Waals surface area contributed by atoms with Crippen LogP contribution < -0.4 is 10.6 Å². The Morgan fingerprint density at radius 3 is 2.81 bits per heavy atom. The number of fused-ring (bicyclic) bond motifs is 3. The van der Waals surface area contributed by atoms with E-state index in [-0.39, 0.29) is 12.0 Å². The van der Waals surface area contributed by atoms with Gasteiger partial charge in [-0.25, -0.2) is 4.79 Å². The van der Waals surface area contributed by atoms with Crippen molar-refractivity contribution in [3.8, 4) is 11.3 Å². The molecule has 1 saturated heterocycles. The molecule has 0 bridgehead atoms. The highest BCUT2D eigenvalue weighted by molar-refractivity contribution is 5.95. The van der Waals surface area contributed by atoms with E-state index in [1.54, 1.807) is 0 Å². The largest absolute Gasteiger partial charge is 0.455 e. The van der Waals surface area contributed by atoms with Crippen LogP contribution >= 0.6 is 0 Å². The van der Waals surface area contributed by atoms with E-state index in [1.807, 2.05) is 38.6 Å². The molecule has 0 radical (unpaired) electrons. The molecule has 2 aromatic heterocycles. The van der Waals surface area contributed by atoms with Crippen molar-refractivity contribution in [2.45, 2.75) is 71.6 Å². The number of alkyl carbamates (subject to hydrolysis) is 1. The topological polar surface area (TPSA) is 108 Å². The standard InChI is InChI=1S/C23H32N4O5/c1-14-18-17(31-20(14)21(28)25-12-16-6-5-11-30-16)8-7-15-13-27(26-19(15)18)10-9-24-22(29)32-23(2,3)4/h13,16H,5-12H2,1-4H3,(H,24,29)(H,25,28)/t16-/m0/s1. The molecule has 1 fully saturated rings. The van der Waals surface area contributed by atoms with Gasteiger partial charge in [-0.2, -0.15) is 5.10 Å². The van der Waals surface area contributed by atoms with Crippen molar-refractivity contribution in [3.63, 3.8) is 0 Å². The summed E-state index contributed by atoms with van der Waals surface area (Å²) in [7, 11) is 0. The monoisotopic (exact) mass is 444 g/mol. The number of hydrogen-bond donors (Lipinski definition) is 2. The van der Waals surface area contributed by atoms with Crippen LogP contribution in [-0.4, -0.2) is 53.2 Å². The zero-order chi connectivity index (χ0) is 22.9. The Morgan fingerprint density at radius 2 is 2.09 bits per heavy atom. The number of aryl methyl sites for hydroxylation is 2. The van der Waals surface area contributed by atoms with Gasteiger partial charge in [0.25, 0.3) is 5.91 Å². The van der Waals surface area contributed by atoms with E-state index in [9.17, 15) is 9.59 Å². The molecule has 1 aliphatic carbocycles. The molecule has 3 heterocycles. The zero-order valence-corrected chi connectivity index (χ0v) is 19.2. The van der Waals surface area contributed by atoms with Gasteiger partial charge in [-0.1, -0.05) is 0 Å². The number of furan rings is 1. The average Bonchev–Trinajstić information content (AvgIpc) is 3.43. The lowest BCUT2D eigenvalue weighted by molar-refractivity contribution is 0.0525. The van der Waals surface area contributed by atoms with Gasteiger partial charge in [0.15, 0.2) is 5.76 Å². The van der Waals surface area contributed by atoms with Crippen LogP contribution in [0.5, 0.6) is 0 Å². The maximum atomic E-state index is 12.7. The molecule has 2 amide bonds. The molecule has 0 unspecified atom stereocenters. The van der Waals surface area contributed by atoms with E-state index in [0.717, 1.165) is 60.4 Å². The lowest BCUT2D eigenvalue weighted by Crippen LogP contribution is -2.34. The van der Waals surface area contributed by atoms with Crippen molar-refractivity contribution in [2.75, 3.05) is 19.7 Å². The first-order chi connectivity index (χ1) is 15.2. The lowest BCUT2D eigenvalue weighted by Gasteiger charge is -2.19. The minimum Gasteiger partial charge on any atom is -0.455 e.